The molecule has 0 saturated heterocycles. The first-order valence-electron chi connectivity index (χ1n) is 11.2. The Labute approximate surface area is 167 Å². The summed E-state index contributed by atoms with van der Waals surface area (Å²) in [5.74, 6) is 0. The van der Waals surface area contributed by atoms with E-state index in [0.29, 0.717) is 0 Å². The zero-order valence-corrected chi connectivity index (χ0v) is 20.9. The molecule has 0 spiro atoms. The average molecular weight is 407 g/mol. The summed E-state index contributed by atoms with van der Waals surface area (Å²) in [6.45, 7) is 11.2. The Morgan fingerprint density at radius 3 is 1.12 bits per heavy atom. The lowest BCUT2D eigenvalue weighted by molar-refractivity contribution is -0.139. The second-order valence-corrected chi connectivity index (χ2v) is 11.0. The monoisotopic (exact) mass is 406 g/mol. The average Bonchev–Trinajstić information content (AvgIpc) is 2.63. The standard InChI is InChI=1S/C20H46O4Si2/c1-5-21-19(22-6-2)13-11-17-25-15-9-10-16-26-18-12-14-20(23-7-3)24-8-4/h19-20H,5-18,25-26H2,1-4H3. The second kappa shape index (κ2) is 21.6. The fraction of sp³-hybridized carbons (Fsp3) is 1.00. The third-order valence-corrected chi connectivity index (χ3v) is 8.54. The highest BCUT2D eigenvalue weighted by Gasteiger charge is 2.07. The van der Waals surface area contributed by atoms with E-state index in [2.05, 4.69) is 0 Å². The molecule has 0 radical (unpaired) electrons. The molecular weight excluding hydrogens is 360 g/mol. The Bertz CT molecular complexity index is 232. The van der Waals surface area contributed by atoms with Gasteiger partial charge in [0.15, 0.2) is 12.6 Å². The van der Waals surface area contributed by atoms with Gasteiger partial charge in [-0.25, -0.2) is 0 Å². The van der Waals surface area contributed by atoms with Crippen molar-refractivity contribution in [1.29, 1.82) is 0 Å². The Balaban J connectivity index is 3.33. The molecule has 0 rings (SSSR count). The van der Waals surface area contributed by atoms with Crippen molar-refractivity contribution < 1.29 is 18.9 Å². The van der Waals surface area contributed by atoms with Crippen LogP contribution in [0.3, 0.4) is 0 Å². The van der Waals surface area contributed by atoms with Crippen LogP contribution in [0, 0.1) is 0 Å². The zero-order chi connectivity index (χ0) is 19.3. The molecule has 0 atom stereocenters. The Morgan fingerprint density at radius 1 is 0.500 bits per heavy atom. The first kappa shape index (κ1) is 26.3. The van der Waals surface area contributed by atoms with Crippen LogP contribution in [-0.2, 0) is 18.9 Å². The largest absolute Gasteiger partial charge is 0.353 e. The van der Waals surface area contributed by atoms with Gasteiger partial charge in [0, 0.05) is 45.5 Å². The Hall–Kier alpha value is 0.274. The number of unbranched alkanes of at least 4 members (excludes halogenated alkanes) is 1. The van der Waals surface area contributed by atoms with Gasteiger partial charge in [-0.2, -0.15) is 0 Å². The lowest BCUT2D eigenvalue weighted by atomic mass is 10.3. The molecule has 26 heavy (non-hydrogen) atoms. The van der Waals surface area contributed by atoms with Crippen LogP contribution in [0.15, 0.2) is 0 Å². The maximum absolute atomic E-state index is 5.60. The smallest absolute Gasteiger partial charge is 0.157 e. The van der Waals surface area contributed by atoms with Crippen molar-refractivity contribution in [2.75, 3.05) is 26.4 Å². The van der Waals surface area contributed by atoms with Crippen LogP contribution in [0.4, 0.5) is 0 Å². The van der Waals surface area contributed by atoms with Crippen molar-refractivity contribution >= 4 is 19.0 Å². The minimum Gasteiger partial charge on any atom is -0.353 e. The third-order valence-electron chi connectivity index (χ3n) is 4.54. The fourth-order valence-electron chi connectivity index (χ4n) is 3.21. The van der Waals surface area contributed by atoms with Gasteiger partial charge >= 0.3 is 0 Å². The second-order valence-electron chi connectivity index (χ2n) is 6.79. The van der Waals surface area contributed by atoms with Crippen molar-refractivity contribution in [2.45, 2.75) is 103 Å². The first-order valence-corrected chi connectivity index (χ1v) is 15.2. The van der Waals surface area contributed by atoms with E-state index in [1.165, 1.54) is 49.9 Å². The van der Waals surface area contributed by atoms with E-state index in [4.69, 9.17) is 18.9 Å². The van der Waals surface area contributed by atoms with E-state index in [9.17, 15) is 0 Å². The summed E-state index contributed by atoms with van der Waals surface area (Å²) < 4.78 is 22.4. The molecular formula is C20H46O4Si2. The van der Waals surface area contributed by atoms with Gasteiger partial charge in [0.25, 0.3) is 0 Å². The van der Waals surface area contributed by atoms with Gasteiger partial charge in [-0.1, -0.05) is 49.9 Å². The van der Waals surface area contributed by atoms with Crippen LogP contribution in [-0.4, -0.2) is 58.0 Å². The van der Waals surface area contributed by atoms with Gasteiger partial charge in [-0.3, -0.25) is 0 Å². The van der Waals surface area contributed by atoms with Crippen molar-refractivity contribution in [2.24, 2.45) is 0 Å². The summed E-state index contributed by atoms with van der Waals surface area (Å²) in [5.41, 5.74) is 0. The molecule has 0 unspecified atom stereocenters. The summed E-state index contributed by atoms with van der Waals surface area (Å²) in [5, 5.41) is 0. The number of ether oxygens (including phenoxy) is 4. The van der Waals surface area contributed by atoms with E-state index in [0.717, 1.165) is 39.3 Å². The number of rotatable bonds is 21. The third kappa shape index (κ3) is 17.7. The zero-order valence-electron chi connectivity index (χ0n) is 18.1. The Kier molecular flexibility index (Phi) is 21.8. The fourth-order valence-corrected chi connectivity index (χ4v) is 6.62. The lowest BCUT2D eigenvalue weighted by Gasteiger charge is -2.16. The van der Waals surface area contributed by atoms with Crippen LogP contribution >= 0.6 is 0 Å². The molecule has 0 N–H and O–H groups in total. The van der Waals surface area contributed by atoms with E-state index in [1.54, 1.807) is 0 Å². The normalized spacial score (nSPS) is 12.7. The molecule has 158 valence electrons. The van der Waals surface area contributed by atoms with Crippen molar-refractivity contribution in [3.63, 3.8) is 0 Å². The lowest BCUT2D eigenvalue weighted by Crippen LogP contribution is -2.17. The van der Waals surface area contributed by atoms with E-state index in [1.807, 2.05) is 27.7 Å². The molecule has 0 aromatic rings. The highest BCUT2D eigenvalue weighted by atomic mass is 28.2. The van der Waals surface area contributed by atoms with E-state index in [-0.39, 0.29) is 31.6 Å². The minimum atomic E-state index is 0.0371. The molecule has 0 amide bonds. The summed E-state index contributed by atoms with van der Waals surface area (Å²) in [6.07, 6.45) is 7.74. The SMILES string of the molecule is CCOC(CCC[SiH2]CCCC[SiH2]CCCC(OCC)OCC)OCC. The first-order chi connectivity index (χ1) is 12.8. The molecule has 0 bridgehead atoms. The molecule has 0 fully saturated rings. The van der Waals surface area contributed by atoms with Crippen LogP contribution in [0.25, 0.3) is 0 Å². The molecule has 0 aromatic heterocycles. The van der Waals surface area contributed by atoms with Crippen LogP contribution in [0.5, 0.6) is 0 Å². The van der Waals surface area contributed by atoms with Crippen molar-refractivity contribution in [1.82, 2.24) is 0 Å². The number of hydrogen-bond acceptors (Lipinski definition) is 4. The predicted octanol–water partition coefficient (Wildman–Crippen LogP) is 4.14. The molecule has 0 aromatic carbocycles. The quantitative estimate of drug-likeness (QED) is 0.163. The predicted molar refractivity (Wildman–Crippen MR) is 118 cm³/mol. The van der Waals surface area contributed by atoms with Crippen molar-refractivity contribution in [3.05, 3.63) is 0 Å². The molecule has 6 heteroatoms. The van der Waals surface area contributed by atoms with Crippen molar-refractivity contribution in [3.8, 4) is 0 Å². The molecule has 0 aliphatic carbocycles. The van der Waals surface area contributed by atoms with Gasteiger partial charge < -0.3 is 18.9 Å². The minimum absolute atomic E-state index is 0.0371. The summed E-state index contributed by atoms with van der Waals surface area (Å²) in [7, 11) is 0.290. The van der Waals surface area contributed by atoms with Gasteiger partial charge in [-0.15, -0.1) is 0 Å². The number of hydrogen-bond donors (Lipinski definition) is 0. The molecule has 0 heterocycles. The summed E-state index contributed by atoms with van der Waals surface area (Å²) in [6, 6.07) is 5.95. The van der Waals surface area contributed by atoms with Gasteiger partial charge in [0.1, 0.15) is 0 Å². The summed E-state index contributed by atoms with van der Waals surface area (Å²) in [4.78, 5) is 0. The van der Waals surface area contributed by atoms with E-state index < -0.39 is 0 Å². The molecule has 0 saturated carbocycles. The molecule has 4 nitrogen and oxygen atoms in total. The van der Waals surface area contributed by atoms with E-state index >= 15 is 0 Å². The Morgan fingerprint density at radius 2 is 0.808 bits per heavy atom. The molecule has 0 aliphatic heterocycles. The van der Waals surface area contributed by atoms with Gasteiger partial charge in [0.2, 0.25) is 0 Å². The van der Waals surface area contributed by atoms with Crippen LogP contribution in [0.2, 0.25) is 24.2 Å². The topological polar surface area (TPSA) is 36.9 Å². The maximum Gasteiger partial charge on any atom is 0.157 e. The van der Waals surface area contributed by atoms with Crippen LogP contribution < -0.4 is 0 Å². The highest BCUT2D eigenvalue weighted by Crippen LogP contribution is 2.11. The van der Waals surface area contributed by atoms with Gasteiger partial charge in [0.05, 0.1) is 0 Å². The maximum atomic E-state index is 5.60. The van der Waals surface area contributed by atoms with Gasteiger partial charge in [-0.05, 0) is 40.5 Å². The highest BCUT2D eigenvalue weighted by molar-refractivity contribution is 6.36. The summed E-state index contributed by atoms with van der Waals surface area (Å²) >= 11 is 0. The van der Waals surface area contributed by atoms with Crippen LogP contribution in [0.1, 0.15) is 66.2 Å². The molecule has 0 aliphatic rings.